The number of aliphatic imine (C=N–C) groups is 1. The summed E-state index contributed by atoms with van der Waals surface area (Å²) in [5.74, 6) is 0. The van der Waals surface area contributed by atoms with Crippen molar-refractivity contribution in [3.05, 3.63) is 96.1 Å². The Morgan fingerprint density at radius 3 is 2.27 bits per heavy atom. The van der Waals surface area contributed by atoms with Crippen LogP contribution in [0, 0.1) is 0 Å². The molecule has 5 heteroatoms. The van der Waals surface area contributed by atoms with Crippen LogP contribution in [0.15, 0.2) is 89.9 Å². The van der Waals surface area contributed by atoms with Crippen molar-refractivity contribution in [1.82, 2.24) is 15.0 Å². The number of hydrogen-bond donors (Lipinski definition) is 0. The number of hydrogen-bond acceptors (Lipinski definition) is 4. The molecule has 0 aliphatic carbocycles. The van der Waals surface area contributed by atoms with Crippen molar-refractivity contribution in [2.75, 3.05) is 6.26 Å². The molecule has 0 amide bonds. The van der Waals surface area contributed by atoms with Gasteiger partial charge in [-0.2, -0.15) is 0 Å². The molecule has 0 aliphatic heterocycles. The van der Waals surface area contributed by atoms with E-state index in [-0.39, 0.29) is 6.17 Å². The predicted molar refractivity (Wildman–Crippen MR) is 109 cm³/mol. The minimum absolute atomic E-state index is 0.272. The van der Waals surface area contributed by atoms with Gasteiger partial charge in [-0.15, -0.1) is 16.9 Å². The molecule has 0 saturated heterocycles. The first-order valence-electron chi connectivity index (χ1n) is 8.39. The molecule has 4 nitrogen and oxygen atoms in total. The van der Waals surface area contributed by atoms with Gasteiger partial charge < -0.3 is 0 Å². The molecule has 0 aliphatic rings. The van der Waals surface area contributed by atoms with Gasteiger partial charge in [-0.1, -0.05) is 78.0 Å². The maximum absolute atomic E-state index is 5.07. The van der Waals surface area contributed by atoms with Crippen LogP contribution < -0.4 is 0 Å². The fourth-order valence-electron chi connectivity index (χ4n) is 2.90. The maximum atomic E-state index is 5.07. The van der Waals surface area contributed by atoms with E-state index in [9.17, 15) is 0 Å². The topological polar surface area (TPSA) is 43.1 Å². The second-order valence-electron chi connectivity index (χ2n) is 5.81. The van der Waals surface area contributed by atoms with E-state index >= 15 is 0 Å². The monoisotopic (exact) mass is 358 g/mol. The molecule has 3 aromatic carbocycles. The second-order valence-corrected chi connectivity index (χ2v) is 6.61. The lowest BCUT2D eigenvalue weighted by molar-refractivity contribution is 0.542. The highest BCUT2D eigenvalue weighted by molar-refractivity contribution is 8.13. The molecule has 4 aromatic rings. The van der Waals surface area contributed by atoms with E-state index in [2.05, 4.69) is 34.6 Å². The first kappa shape index (κ1) is 16.5. The Bertz CT molecular complexity index is 1030. The third-order valence-corrected chi connectivity index (χ3v) is 4.89. The van der Waals surface area contributed by atoms with Gasteiger partial charge in [0.2, 0.25) is 0 Å². The van der Waals surface area contributed by atoms with Crippen LogP contribution in [0.4, 0.5) is 0 Å². The minimum Gasteiger partial charge on any atom is -0.246 e. The van der Waals surface area contributed by atoms with E-state index in [1.54, 1.807) is 11.8 Å². The Kier molecular flexibility index (Phi) is 4.80. The Hall–Kier alpha value is -2.92. The van der Waals surface area contributed by atoms with Crippen LogP contribution in [0.3, 0.4) is 0 Å². The van der Waals surface area contributed by atoms with Gasteiger partial charge in [0.25, 0.3) is 0 Å². The molecule has 1 aromatic heterocycles. The molecule has 1 unspecified atom stereocenters. The lowest BCUT2D eigenvalue weighted by Crippen LogP contribution is -2.12. The summed E-state index contributed by atoms with van der Waals surface area (Å²) in [5.41, 5.74) is 4.02. The van der Waals surface area contributed by atoms with Crippen molar-refractivity contribution in [1.29, 1.82) is 0 Å². The van der Waals surface area contributed by atoms with Crippen LogP contribution in [0.5, 0.6) is 0 Å². The highest BCUT2D eigenvalue weighted by atomic mass is 32.2. The molecule has 1 heterocycles. The van der Waals surface area contributed by atoms with E-state index in [0.29, 0.717) is 0 Å². The van der Waals surface area contributed by atoms with Crippen LogP contribution in [-0.4, -0.2) is 26.3 Å². The quantitative estimate of drug-likeness (QED) is 0.389. The van der Waals surface area contributed by atoms with Crippen LogP contribution >= 0.6 is 11.8 Å². The smallest absolute Gasteiger partial charge is 0.170 e. The molecule has 0 saturated carbocycles. The summed E-state index contributed by atoms with van der Waals surface area (Å²) in [7, 11) is 0. The summed E-state index contributed by atoms with van der Waals surface area (Å²) in [6.45, 7) is 0. The zero-order valence-electron chi connectivity index (χ0n) is 14.4. The number of nitrogens with zero attached hydrogens (tertiary/aromatic N) is 4. The highest BCUT2D eigenvalue weighted by Crippen LogP contribution is 2.26. The van der Waals surface area contributed by atoms with Crippen molar-refractivity contribution in [3.8, 4) is 0 Å². The molecule has 0 radical (unpaired) electrons. The third kappa shape index (κ3) is 3.26. The Morgan fingerprint density at radius 2 is 1.54 bits per heavy atom. The van der Waals surface area contributed by atoms with Gasteiger partial charge in [0.15, 0.2) is 6.17 Å². The molecule has 1 atom stereocenters. The number of aromatic nitrogens is 3. The number of fused-ring (bicyclic) bond motifs is 1. The van der Waals surface area contributed by atoms with Crippen molar-refractivity contribution in [3.63, 3.8) is 0 Å². The molecule has 4 rings (SSSR count). The fraction of sp³-hybridized carbons (Fsp3) is 0.0952. The number of rotatable bonds is 4. The van der Waals surface area contributed by atoms with Crippen LogP contribution in [0.2, 0.25) is 0 Å². The Balaban J connectivity index is 1.88. The SMILES string of the molecule is CSC(=NC(c1ccccc1)n1nnc2ccccc21)c1ccccc1. The van der Waals surface area contributed by atoms with Crippen LogP contribution in [0.25, 0.3) is 11.0 Å². The zero-order chi connectivity index (χ0) is 17.8. The molecular weight excluding hydrogens is 340 g/mol. The van der Waals surface area contributed by atoms with E-state index in [1.807, 2.05) is 71.6 Å². The molecule has 0 N–H and O–H groups in total. The lowest BCUT2D eigenvalue weighted by Gasteiger charge is -2.16. The second kappa shape index (κ2) is 7.54. The maximum Gasteiger partial charge on any atom is 0.170 e. The summed E-state index contributed by atoms with van der Waals surface area (Å²) < 4.78 is 1.89. The summed E-state index contributed by atoms with van der Waals surface area (Å²) in [4.78, 5) is 5.07. The Morgan fingerprint density at radius 1 is 0.885 bits per heavy atom. The van der Waals surface area contributed by atoms with Crippen LogP contribution in [-0.2, 0) is 0 Å². The molecular formula is C21H18N4S. The number of para-hydroxylation sites is 1. The standard InChI is InChI=1S/C21H18N4S/c1-26-21(17-12-6-3-7-13-17)22-20(16-10-4-2-5-11-16)25-19-15-9-8-14-18(19)23-24-25/h2-15,20H,1H3. The van der Waals surface area contributed by atoms with Gasteiger partial charge in [0, 0.05) is 5.56 Å². The van der Waals surface area contributed by atoms with Crippen LogP contribution in [0.1, 0.15) is 17.3 Å². The number of thioether (sulfide) groups is 1. The van der Waals surface area contributed by atoms with Gasteiger partial charge in [-0.05, 0) is 24.0 Å². The molecule has 0 bridgehead atoms. The minimum atomic E-state index is -0.272. The van der Waals surface area contributed by atoms with E-state index < -0.39 is 0 Å². The zero-order valence-corrected chi connectivity index (χ0v) is 15.2. The predicted octanol–water partition coefficient (Wildman–Crippen LogP) is 4.79. The van der Waals surface area contributed by atoms with Gasteiger partial charge >= 0.3 is 0 Å². The van der Waals surface area contributed by atoms with E-state index in [0.717, 1.165) is 27.2 Å². The van der Waals surface area contributed by atoms with Gasteiger partial charge in [0.05, 0.1) is 5.52 Å². The summed E-state index contributed by atoms with van der Waals surface area (Å²) >= 11 is 1.64. The Labute approximate surface area is 156 Å². The van der Waals surface area contributed by atoms with Crippen molar-refractivity contribution < 1.29 is 0 Å². The lowest BCUT2D eigenvalue weighted by atomic mass is 10.1. The summed E-state index contributed by atoms with van der Waals surface area (Å²) in [6, 6.07) is 28.4. The third-order valence-electron chi connectivity index (χ3n) is 4.16. The largest absolute Gasteiger partial charge is 0.246 e. The highest BCUT2D eigenvalue weighted by Gasteiger charge is 2.18. The van der Waals surface area contributed by atoms with Gasteiger partial charge in [-0.25, -0.2) is 9.67 Å². The molecule has 0 spiro atoms. The van der Waals surface area contributed by atoms with Crippen molar-refractivity contribution in [2.24, 2.45) is 4.99 Å². The molecule has 0 fully saturated rings. The number of benzene rings is 3. The van der Waals surface area contributed by atoms with Crippen molar-refractivity contribution >= 4 is 27.8 Å². The van der Waals surface area contributed by atoms with Gasteiger partial charge in [-0.3, -0.25) is 0 Å². The normalized spacial score (nSPS) is 13.0. The molecule has 26 heavy (non-hydrogen) atoms. The van der Waals surface area contributed by atoms with Gasteiger partial charge in [0.1, 0.15) is 10.6 Å². The van der Waals surface area contributed by atoms with E-state index in [1.165, 1.54) is 0 Å². The average Bonchev–Trinajstić information content (AvgIpc) is 3.14. The fourth-order valence-corrected chi connectivity index (χ4v) is 3.48. The van der Waals surface area contributed by atoms with E-state index in [4.69, 9.17) is 4.99 Å². The van der Waals surface area contributed by atoms with Crippen molar-refractivity contribution in [2.45, 2.75) is 6.17 Å². The molecule has 128 valence electrons. The average molecular weight is 358 g/mol. The first-order chi connectivity index (χ1) is 12.9. The first-order valence-corrected chi connectivity index (χ1v) is 9.61. The summed E-state index contributed by atoms with van der Waals surface area (Å²) in [5, 5.41) is 9.68. The summed E-state index contributed by atoms with van der Waals surface area (Å²) in [6.07, 6.45) is 1.78.